The smallest absolute Gasteiger partial charge is 0.207 e. The Labute approximate surface area is 126 Å². The van der Waals surface area contributed by atoms with Crippen LogP contribution in [0.3, 0.4) is 0 Å². The Morgan fingerprint density at radius 3 is 2.30 bits per heavy atom. The van der Waals surface area contributed by atoms with Crippen LogP contribution in [-0.2, 0) is 4.43 Å². The van der Waals surface area contributed by atoms with E-state index in [0.29, 0.717) is 16.2 Å². The highest BCUT2D eigenvalue weighted by Gasteiger charge is 2.68. The Morgan fingerprint density at radius 1 is 1.05 bits per heavy atom. The third-order valence-electron chi connectivity index (χ3n) is 6.19. The second kappa shape index (κ2) is 4.46. The van der Waals surface area contributed by atoms with E-state index in [1.807, 2.05) is 0 Å². The lowest BCUT2D eigenvalue weighted by molar-refractivity contribution is 0.143. The van der Waals surface area contributed by atoms with Crippen LogP contribution in [-0.4, -0.2) is 14.4 Å². The lowest BCUT2D eigenvalue weighted by Gasteiger charge is -2.52. The normalized spacial score (nSPS) is 36.5. The zero-order chi connectivity index (χ0) is 14.8. The quantitative estimate of drug-likeness (QED) is 0.403. The summed E-state index contributed by atoms with van der Waals surface area (Å²) >= 11 is 0. The highest BCUT2D eigenvalue weighted by atomic mass is 28.4. The summed E-state index contributed by atoms with van der Waals surface area (Å²) in [7, 11) is -1.82. The first kappa shape index (κ1) is 14.8. The molecule has 0 N–H and O–H groups in total. The summed E-state index contributed by atoms with van der Waals surface area (Å²) < 4.78 is 7.09. The van der Waals surface area contributed by atoms with Crippen LogP contribution >= 0.6 is 0 Å². The summed E-state index contributed by atoms with van der Waals surface area (Å²) in [6.45, 7) is 14.7. The van der Waals surface area contributed by atoms with Gasteiger partial charge >= 0.3 is 0 Å². The standard InChI is InChI=1S/C18H32OSi/c1-17(2,3)20(18(4,5)6)15-12-8-10-13-9-7-11-14(19-20)16(13)15/h10,14-16H,7-9,11-12H2,1-6H3/t14-,15+,16+/m1/s1. The molecule has 0 radical (unpaired) electrons. The van der Waals surface area contributed by atoms with E-state index >= 15 is 0 Å². The Morgan fingerprint density at radius 2 is 1.70 bits per heavy atom. The predicted molar refractivity (Wildman–Crippen MR) is 88.5 cm³/mol. The molecule has 0 aromatic carbocycles. The van der Waals surface area contributed by atoms with Crippen LogP contribution in [0, 0.1) is 5.92 Å². The average Bonchev–Trinajstić information content (AvgIpc) is 2.67. The van der Waals surface area contributed by atoms with Crippen molar-refractivity contribution in [2.45, 2.75) is 95.4 Å². The molecule has 1 aliphatic heterocycles. The summed E-state index contributed by atoms with van der Waals surface area (Å²) in [5.41, 5.74) is 2.62. The van der Waals surface area contributed by atoms with Gasteiger partial charge in [0.25, 0.3) is 0 Å². The molecule has 3 atom stereocenters. The van der Waals surface area contributed by atoms with Gasteiger partial charge in [-0.2, -0.15) is 0 Å². The topological polar surface area (TPSA) is 9.23 Å². The molecule has 114 valence electrons. The Balaban J connectivity index is 2.12. The first-order valence-electron chi connectivity index (χ1n) is 8.55. The van der Waals surface area contributed by atoms with Crippen molar-refractivity contribution in [3.8, 4) is 0 Å². The van der Waals surface area contributed by atoms with E-state index in [9.17, 15) is 0 Å². The van der Waals surface area contributed by atoms with Crippen LogP contribution in [0.2, 0.25) is 15.6 Å². The van der Waals surface area contributed by atoms with Crippen LogP contribution in [0.4, 0.5) is 0 Å². The zero-order valence-electron chi connectivity index (χ0n) is 14.3. The molecule has 0 amide bonds. The van der Waals surface area contributed by atoms with Gasteiger partial charge in [-0.05, 0) is 47.7 Å². The second-order valence-electron chi connectivity index (χ2n) is 9.27. The Hall–Kier alpha value is -0.0831. The van der Waals surface area contributed by atoms with Crippen molar-refractivity contribution in [2.24, 2.45) is 5.92 Å². The number of hydrogen-bond acceptors (Lipinski definition) is 1. The molecule has 0 spiro atoms. The van der Waals surface area contributed by atoms with Gasteiger partial charge in [-0.3, -0.25) is 0 Å². The second-order valence-corrected chi connectivity index (χ2v) is 14.7. The molecule has 2 aliphatic carbocycles. The summed E-state index contributed by atoms with van der Waals surface area (Å²) in [6, 6.07) is 0. The van der Waals surface area contributed by atoms with E-state index in [0.717, 1.165) is 11.5 Å². The monoisotopic (exact) mass is 292 g/mol. The van der Waals surface area contributed by atoms with E-state index in [1.165, 1.54) is 32.1 Å². The molecule has 2 fully saturated rings. The maximum absolute atomic E-state index is 7.09. The number of hydrogen-bond donors (Lipinski definition) is 0. The van der Waals surface area contributed by atoms with Crippen molar-refractivity contribution in [1.82, 2.24) is 0 Å². The van der Waals surface area contributed by atoms with Crippen LogP contribution < -0.4 is 0 Å². The molecule has 20 heavy (non-hydrogen) atoms. The van der Waals surface area contributed by atoms with Gasteiger partial charge in [0, 0.05) is 5.92 Å². The molecule has 0 bridgehead atoms. The van der Waals surface area contributed by atoms with E-state index in [2.05, 4.69) is 47.6 Å². The fraction of sp³-hybridized carbons (Fsp3) is 0.889. The lowest BCUT2D eigenvalue weighted by Crippen LogP contribution is -2.55. The Kier molecular flexibility index (Phi) is 3.31. The van der Waals surface area contributed by atoms with Gasteiger partial charge in [0.1, 0.15) is 0 Å². The summed E-state index contributed by atoms with van der Waals surface area (Å²) in [6.07, 6.45) is 9.79. The fourth-order valence-corrected chi connectivity index (χ4v) is 13.6. The van der Waals surface area contributed by atoms with Crippen molar-refractivity contribution < 1.29 is 4.43 Å². The van der Waals surface area contributed by atoms with Gasteiger partial charge in [-0.15, -0.1) is 0 Å². The molecule has 1 saturated carbocycles. The first-order chi connectivity index (χ1) is 9.18. The largest absolute Gasteiger partial charge is 0.412 e. The number of rotatable bonds is 0. The molecule has 2 heteroatoms. The highest BCUT2D eigenvalue weighted by Crippen LogP contribution is 2.68. The molecular formula is C18H32OSi. The van der Waals surface area contributed by atoms with Crippen LogP contribution in [0.1, 0.15) is 73.6 Å². The maximum atomic E-state index is 7.09. The predicted octanol–water partition coefficient (Wildman–Crippen LogP) is 5.82. The van der Waals surface area contributed by atoms with E-state index in [-0.39, 0.29) is 0 Å². The maximum Gasteiger partial charge on any atom is 0.207 e. The van der Waals surface area contributed by atoms with Gasteiger partial charge in [0.2, 0.25) is 8.32 Å². The first-order valence-corrected chi connectivity index (χ1v) is 10.5. The zero-order valence-corrected chi connectivity index (χ0v) is 15.3. The molecule has 1 nitrogen and oxygen atoms in total. The molecule has 0 aromatic heterocycles. The van der Waals surface area contributed by atoms with Crippen LogP contribution in [0.25, 0.3) is 0 Å². The van der Waals surface area contributed by atoms with Crippen molar-refractivity contribution in [3.63, 3.8) is 0 Å². The minimum atomic E-state index is -1.82. The molecule has 0 unspecified atom stereocenters. The van der Waals surface area contributed by atoms with Crippen molar-refractivity contribution in [2.75, 3.05) is 0 Å². The van der Waals surface area contributed by atoms with E-state index in [4.69, 9.17) is 4.43 Å². The highest BCUT2D eigenvalue weighted by molar-refractivity contribution is 6.81. The minimum Gasteiger partial charge on any atom is -0.412 e. The van der Waals surface area contributed by atoms with Crippen molar-refractivity contribution >= 4 is 8.32 Å². The third kappa shape index (κ3) is 1.83. The van der Waals surface area contributed by atoms with Crippen LogP contribution in [0.15, 0.2) is 11.6 Å². The van der Waals surface area contributed by atoms with Crippen molar-refractivity contribution in [3.05, 3.63) is 11.6 Å². The van der Waals surface area contributed by atoms with Gasteiger partial charge < -0.3 is 4.43 Å². The van der Waals surface area contributed by atoms with Crippen molar-refractivity contribution in [1.29, 1.82) is 0 Å². The third-order valence-corrected chi connectivity index (χ3v) is 13.0. The molecular weight excluding hydrogens is 260 g/mol. The minimum absolute atomic E-state index is 0.329. The summed E-state index contributed by atoms with van der Waals surface area (Å²) in [4.78, 5) is 0. The van der Waals surface area contributed by atoms with E-state index in [1.54, 1.807) is 5.57 Å². The molecule has 3 rings (SSSR count). The lowest BCUT2D eigenvalue weighted by atomic mass is 9.75. The molecule has 0 aromatic rings. The molecule has 1 saturated heterocycles. The molecule has 3 aliphatic rings. The van der Waals surface area contributed by atoms with Gasteiger partial charge in [-0.25, -0.2) is 0 Å². The summed E-state index contributed by atoms with van der Waals surface area (Å²) in [5, 5.41) is 0.658. The SMILES string of the molecule is CC(C)(C)[Si]1(C(C)(C)C)O[C@@H]2CCCC3=CCC[C@H]1[C@@H]32. The molecule has 1 heterocycles. The average molecular weight is 293 g/mol. The fourth-order valence-electron chi connectivity index (χ4n) is 5.98. The van der Waals surface area contributed by atoms with E-state index < -0.39 is 8.32 Å². The van der Waals surface area contributed by atoms with Crippen LogP contribution in [0.5, 0.6) is 0 Å². The van der Waals surface area contributed by atoms with Gasteiger partial charge in [0.05, 0.1) is 6.10 Å². The number of allylic oxidation sites excluding steroid dienone is 1. The Bertz CT molecular complexity index is 410. The van der Waals surface area contributed by atoms with Gasteiger partial charge in [0.15, 0.2) is 0 Å². The summed E-state index contributed by atoms with van der Waals surface area (Å²) in [5.74, 6) is 0.780. The van der Waals surface area contributed by atoms with Gasteiger partial charge in [-0.1, -0.05) is 53.2 Å².